The monoisotopic (exact) mass is 650 g/mol. The molecule has 1 unspecified atom stereocenters. The summed E-state index contributed by atoms with van der Waals surface area (Å²) < 4.78 is 46.9. The lowest BCUT2D eigenvalue weighted by Crippen LogP contribution is -2.41. The van der Waals surface area contributed by atoms with Gasteiger partial charge in [-0.2, -0.15) is 0 Å². The predicted molar refractivity (Wildman–Crippen MR) is 118 cm³/mol. The van der Waals surface area contributed by atoms with E-state index >= 15 is 0 Å². The van der Waals surface area contributed by atoms with Gasteiger partial charge in [0.2, 0.25) is 5.34 Å². The fourth-order valence-electron chi connectivity index (χ4n) is 2.41. The van der Waals surface area contributed by atoms with Gasteiger partial charge >= 0.3 is 52.1 Å². The van der Waals surface area contributed by atoms with Crippen LogP contribution in [0.1, 0.15) is 19.3 Å². The Balaban J connectivity index is 0. The van der Waals surface area contributed by atoms with Gasteiger partial charge in [-0.3, -0.25) is 9.13 Å². The Morgan fingerprint density at radius 3 is 0.976 bits per heavy atom. The van der Waals surface area contributed by atoms with E-state index in [1.54, 1.807) is 0 Å². The van der Waals surface area contributed by atoms with Crippen molar-refractivity contribution in [3.8, 4) is 0 Å². The summed E-state index contributed by atoms with van der Waals surface area (Å²) in [7, 11) is -10.6. The summed E-state index contributed by atoms with van der Waals surface area (Å²) in [5.74, 6) is 0. The van der Waals surface area contributed by atoms with E-state index < -0.39 is 108 Å². The van der Waals surface area contributed by atoms with Crippen molar-refractivity contribution in [1.82, 2.24) is 0 Å². The molecule has 0 aromatic heterocycles. The lowest BCUT2D eigenvalue weighted by Gasteiger charge is -2.31. The predicted octanol–water partition coefficient (Wildman–Crippen LogP) is 1.06. The quantitative estimate of drug-likeness (QED) is 0.0672. The van der Waals surface area contributed by atoms with Crippen molar-refractivity contribution in [1.29, 1.82) is 0 Å². The van der Waals surface area contributed by atoms with E-state index in [9.17, 15) is 47.7 Å². The van der Waals surface area contributed by atoms with Crippen LogP contribution in [0.15, 0.2) is 0 Å². The van der Waals surface area contributed by atoms with Crippen LogP contribution in [0.3, 0.4) is 0 Å². The molecule has 0 aliphatic carbocycles. The molecule has 0 bridgehead atoms. The number of rotatable bonds is 15. The highest BCUT2D eigenvalue weighted by Gasteiger charge is 2.53. The summed E-state index contributed by atoms with van der Waals surface area (Å²) in [6.45, 7) is -3.74. The van der Waals surface area contributed by atoms with E-state index in [1.807, 2.05) is 0 Å². The molecule has 10 N–H and O–H groups in total. The maximum atomic E-state index is 11.4. The molecule has 0 rings (SSSR count). The van der Waals surface area contributed by atoms with Crippen LogP contribution in [0.25, 0.3) is 0 Å². The molecular formula is C15H24O24P2. The van der Waals surface area contributed by atoms with Crippen molar-refractivity contribution >= 4 is 52.1 Å². The molecule has 26 heteroatoms. The zero-order chi connectivity index (χ0) is 32.7. The third kappa shape index (κ3) is 15.9. The molecule has 0 heterocycles. The highest BCUT2D eigenvalue weighted by atomic mass is 31.2. The Hall–Kier alpha value is -4.08. The van der Waals surface area contributed by atoms with E-state index in [0.717, 1.165) is 0 Å². The molecule has 0 aromatic carbocycles. The first-order chi connectivity index (χ1) is 18.5. The summed E-state index contributed by atoms with van der Waals surface area (Å²) in [6, 6.07) is 0. The normalized spacial score (nSPS) is 12.7. The van der Waals surface area contributed by atoms with Crippen molar-refractivity contribution in [2.75, 3.05) is 26.4 Å². The zero-order valence-electron chi connectivity index (χ0n) is 20.0. The number of hydrogen-bond acceptors (Lipinski definition) is 14. The van der Waals surface area contributed by atoms with Gasteiger partial charge in [0.05, 0.1) is 19.8 Å². The van der Waals surface area contributed by atoms with Crippen molar-refractivity contribution < 1.29 is 117 Å². The molecule has 0 aliphatic heterocycles. The Labute approximate surface area is 225 Å². The fourth-order valence-corrected chi connectivity index (χ4v) is 4.19. The Morgan fingerprint density at radius 1 is 0.463 bits per heavy atom. The maximum Gasteiger partial charge on any atom is 0.507 e. The second kappa shape index (κ2) is 16.9. The first kappa shape index (κ1) is 39.1. The standard InChI is InChI=1S/C8H13O12P.C7H11O12P/c9-5(10)18-3-1-8(20-7(13)14,21(15,16)17)2-4-19-6(11)12;8-4(9)17-2-1-7(19-6(12)13,20(14,15)16)3-18-5(10)11/h1-4H2,(H,9,10)(H,11,12)(H,13,14)(H2,15,16,17);1-3H2,(H,8,9)(H,10,11)(H,12,13)(H2,14,15,16). The summed E-state index contributed by atoms with van der Waals surface area (Å²) in [4.78, 5) is 98.4. The third-order valence-electron chi connectivity index (χ3n) is 4.19. The second-order valence-electron chi connectivity index (χ2n) is 6.86. The SMILES string of the molecule is O=C(O)OCCC(CCOC(=O)O)(OC(=O)O)P(=O)(O)O.O=C(O)OCCC(COC(=O)O)(OC(=O)O)P(=O)(O)O. The molecule has 0 aliphatic rings. The molecule has 0 saturated carbocycles. The van der Waals surface area contributed by atoms with E-state index in [0.29, 0.717) is 0 Å². The molecule has 24 nitrogen and oxygen atoms in total. The number of ether oxygens (including phenoxy) is 6. The van der Waals surface area contributed by atoms with Crippen LogP contribution >= 0.6 is 15.2 Å². The minimum Gasteiger partial charge on any atom is -0.450 e. The number of carboxylic acid groups (broad SMARTS) is 6. The van der Waals surface area contributed by atoms with Crippen LogP contribution in [0, 0.1) is 0 Å². The van der Waals surface area contributed by atoms with Gasteiger partial charge in [0.25, 0.3) is 5.34 Å². The van der Waals surface area contributed by atoms with Crippen LogP contribution in [0.5, 0.6) is 0 Å². The van der Waals surface area contributed by atoms with Crippen LogP contribution in [-0.4, -0.2) is 124 Å². The smallest absolute Gasteiger partial charge is 0.450 e. The van der Waals surface area contributed by atoms with E-state index in [2.05, 4.69) is 28.4 Å². The Bertz CT molecular complexity index is 1010. The minimum absolute atomic E-state index is 0.777. The largest absolute Gasteiger partial charge is 0.507 e. The average Bonchev–Trinajstić information content (AvgIpc) is 2.74. The van der Waals surface area contributed by atoms with Gasteiger partial charge in [-0.1, -0.05) is 0 Å². The highest BCUT2D eigenvalue weighted by molar-refractivity contribution is 7.53. The van der Waals surface area contributed by atoms with Crippen LogP contribution < -0.4 is 0 Å². The zero-order valence-corrected chi connectivity index (χ0v) is 21.8. The van der Waals surface area contributed by atoms with Crippen molar-refractivity contribution in [3.63, 3.8) is 0 Å². The topological polar surface area (TPSA) is 394 Å². The highest BCUT2D eigenvalue weighted by Crippen LogP contribution is 2.55. The van der Waals surface area contributed by atoms with E-state index in [-0.39, 0.29) is 0 Å². The first-order valence-corrected chi connectivity index (χ1v) is 13.1. The van der Waals surface area contributed by atoms with Crippen LogP contribution in [0.4, 0.5) is 28.8 Å². The summed E-state index contributed by atoms with van der Waals surface area (Å²) >= 11 is 0. The second-order valence-corrected chi connectivity index (χ2v) is 10.7. The van der Waals surface area contributed by atoms with Crippen LogP contribution in [0.2, 0.25) is 0 Å². The molecule has 0 radical (unpaired) electrons. The molecule has 0 fully saturated rings. The molecule has 238 valence electrons. The fraction of sp³-hybridized carbons (Fsp3) is 0.600. The molecule has 0 aromatic rings. The number of hydrogen-bond donors (Lipinski definition) is 10. The molecular weight excluding hydrogens is 626 g/mol. The molecule has 0 amide bonds. The summed E-state index contributed by atoms with van der Waals surface area (Å²) in [5.41, 5.74) is 0. The third-order valence-corrected chi connectivity index (χ3v) is 7.30. The van der Waals surface area contributed by atoms with E-state index in [4.69, 9.17) is 40.4 Å². The van der Waals surface area contributed by atoms with Gasteiger partial charge in [-0.25, -0.2) is 28.8 Å². The Morgan fingerprint density at radius 2 is 0.732 bits per heavy atom. The maximum absolute atomic E-state index is 11.4. The van der Waals surface area contributed by atoms with Gasteiger partial charge in [-0.15, -0.1) is 0 Å². The van der Waals surface area contributed by atoms with Gasteiger partial charge in [0.15, 0.2) is 0 Å². The molecule has 41 heavy (non-hydrogen) atoms. The average molecular weight is 650 g/mol. The van der Waals surface area contributed by atoms with Gasteiger partial charge in [0.1, 0.15) is 6.61 Å². The van der Waals surface area contributed by atoms with E-state index in [1.165, 1.54) is 0 Å². The van der Waals surface area contributed by atoms with Gasteiger partial charge in [0, 0.05) is 19.3 Å². The van der Waals surface area contributed by atoms with Crippen molar-refractivity contribution in [2.45, 2.75) is 29.9 Å². The first-order valence-electron chi connectivity index (χ1n) is 9.88. The van der Waals surface area contributed by atoms with Crippen molar-refractivity contribution in [2.24, 2.45) is 0 Å². The molecule has 0 spiro atoms. The molecule has 1 atom stereocenters. The van der Waals surface area contributed by atoms with Crippen molar-refractivity contribution in [3.05, 3.63) is 0 Å². The minimum atomic E-state index is -5.34. The lowest BCUT2D eigenvalue weighted by atomic mass is 10.2. The number of carbonyl (C=O) groups is 6. The summed E-state index contributed by atoms with van der Waals surface area (Å²) in [5, 5.41) is 44.5. The van der Waals surface area contributed by atoms with Gasteiger partial charge in [-0.05, 0) is 0 Å². The summed E-state index contributed by atoms with van der Waals surface area (Å²) in [6.07, 6.45) is -13.9. The molecule has 0 saturated heterocycles. The lowest BCUT2D eigenvalue weighted by molar-refractivity contribution is -0.0415. The van der Waals surface area contributed by atoms with Crippen LogP contribution in [-0.2, 0) is 37.6 Å². The van der Waals surface area contributed by atoms with Gasteiger partial charge < -0.3 is 78.6 Å². The Kier molecular flexibility index (Phi) is 16.1.